The number of likely N-dealkylation sites (tertiary alicyclic amines) is 1. The first-order valence-electron chi connectivity index (χ1n) is 9.35. The highest BCUT2D eigenvalue weighted by Gasteiger charge is 2.35. The van der Waals surface area contributed by atoms with Crippen LogP contribution in [0, 0.1) is 6.92 Å². The van der Waals surface area contributed by atoms with Gasteiger partial charge in [-0.15, -0.1) is 0 Å². The van der Waals surface area contributed by atoms with Crippen molar-refractivity contribution in [3.63, 3.8) is 0 Å². The zero-order valence-electron chi connectivity index (χ0n) is 15.1. The second-order valence-corrected chi connectivity index (χ2v) is 7.35. The van der Waals surface area contributed by atoms with Gasteiger partial charge >= 0.3 is 5.69 Å². The molecule has 1 aliphatic carbocycles. The first-order valence-corrected chi connectivity index (χ1v) is 9.35. The van der Waals surface area contributed by atoms with E-state index in [1.807, 2.05) is 4.90 Å². The Balaban J connectivity index is 1.59. The molecule has 2 fully saturated rings. The Kier molecular flexibility index (Phi) is 5.58. The summed E-state index contributed by atoms with van der Waals surface area (Å²) in [5, 5.41) is 2.87. The quantitative estimate of drug-likeness (QED) is 0.671. The molecule has 3 rings (SSSR count). The number of amides is 2. The van der Waals surface area contributed by atoms with Crippen molar-refractivity contribution < 1.29 is 9.59 Å². The molecule has 0 radical (unpaired) electrons. The summed E-state index contributed by atoms with van der Waals surface area (Å²) in [5.41, 5.74) is -0.510. The highest BCUT2D eigenvalue weighted by Crippen LogP contribution is 2.25. The van der Waals surface area contributed by atoms with Gasteiger partial charge in [0.15, 0.2) is 0 Å². The molecule has 1 unspecified atom stereocenters. The van der Waals surface area contributed by atoms with Crippen LogP contribution in [0.1, 0.15) is 56.2 Å². The number of nitrogens with one attached hydrogen (secondary N) is 3. The van der Waals surface area contributed by atoms with E-state index >= 15 is 0 Å². The maximum absolute atomic E-state index is 12.4. The molecule has 8 nitrogen and oxygen atoms in total. The van der Waals surface area contributed by atoms with Crippen molar-refractivity contribution >= 4 is 11.8 Å². The standard InChI is InChI=1S/C18H26N4O4/c1-11-14(17(25)21-18(26)19-11)9-15(23)20-12-8-16(24)22(10-12)13-6-4-2-3-5-7-13/h12-13H,2-10H2,1H3,(H,20,23)(H2,19,21,25,26). The van der Waals surface area contributed by atoms with Crippen LogP contribution >= 0.6 is 0 Å². The zero-order valence-corrected chi connectivity index (χ0v) is 15.1. The second kappa shape index (κ2) is 7.88. The summed E-state index contributed by atoms with van der Waals surface area (Å²) in [5.74, 6) is -0.216. The van der Waals surface area contributed by atoms with Gasteiger partial charge in [0.05, 0.1) is 12.5 Å². The van der Waals surface area contributed by atoms with Gasteiger partial charge in [-0.1, -0.05) is 25.7 Å². The third-order valence-corrected chi connectivity index (χ3v) is 5.38. The average molecular weight is 362 g/mol. The highest BCUT2D eigenvalue weighted by molar-refractivity contribution is 5.83. The van der Waals surface area contributed by atoms with Gasteiger partial charge in [-0.2, -0.15) is 0 Å². The fraction of sp³-hybridized carbons (Fsp3) is 0.667. The number of nitrogens with zero attached hydrogens (tertiary/aromatic N) is 1. The predicted molar refractivity (Wildman–Crippen MR) is 95.9 cm³/mol. The van der Waals surface area contributed by atoms with Gasteiger partial charge in [0, 0.05) is 30.3 Å². The van der Waals surface area contributed by atoms with Crippen molar-refractivity contribution in [2.75, 3.05) is 6.54 Å². The number of hydrogen-bond donors (Lipinski definition) is 3. The molecule has 1 aliphatic heterocycles. The number of rotatable bonds is 4. The first-order chi connectivity index (χ1) is 12.4. The van der Waals surface area contributed by atoms with Crippen LogP contribution < -0.4 is 16.6 Å². The highest BCUT2D eigenvalue weighted by atomic mass is 16.2. The van der Waals surface area contributed by atoms with E-state index in [0.717, 1.165) is 25.7 Å². The lowest BCUT2D eigenvalue weighted by Crippen LogP contribution is -2.41. The van der Waals surface area contributed by atoms with Crippen molar-refractivity contribution in [2.45, 2.75) is 70.4 Å². The average Bonchev–Trinajstić information content (AvgIpc) is 2.77. The maximum Gasteiger partial charge on any atom is 0.325 e. The summed E-state index contributed by atoms with van der Waals surface area (Å²) in [6.07, 6.45) is 7.03. The fourth-order valence-corrected chi connectivity index (χ4v) is 4.03. The molecule has 1 aromatic heterocycles. The fourth-order valence-electron chi connectivity index (χ4n) is 4.03. The lowest BCUT2D eigenvalue weighted by molar-refractivity contribution is -0.129. The first kappa shape index (κ1) is 18.4. The minimum atomic E-state index is -0.586. The third-order valence-electron chi connectivity index (χ3n) is 5.38. The number of H-pyrrole nitrogens is 2. The molecular formula is C18H26N4O4. The van der Waals surface area contributed by atoms with Gasteiger partial charge in [-0.25, -0.2) is 4.79 Å². The largest absolute Gasteiger partial charge is 0.351 e. The number of hydrogen-bond acceptors (Lipinski definition) is 4. The Morgan fingerprint density at radius 1 is 1.12 bits per heavy atom. The van der Waals surface area contributed by atoms with E-state index in [-0.39, 0.29) is 35.9 Å². The Morgan fingerprint density at radius 3 is 2.46 bits per heavy atom. The van der Waals surface area contributed by atoms with Crippen molar-refractivity contribution in [1.29, 1.82) is 0 Å². The van der Waals surface area contributed by atoms with Crippen LogP contribution in [0.3, 0.4) is 0 Å². The van der Waals surface area contributed by atoms with Crippen LogP contribution in [0.2, 0.25) is 0 Å². The number of aromatic nitrogens is 2. The Hall–Kier alpha value is -2.38. The third kappa shape index (κ3) is 4.23. The second-order valence-electron chi connectivity index (χ2n) is 7.35. The zero-order chi connectivity index (χ0) is 18.7. The van der Waals surface area contributed by atoms with Crippen molar-refractivity contribution in [2.24, 2.45) is 0 Å². The Morgan fingerprint density at radius 2 is 1.81 bits per heavy atom. The monoisotopic (exact) mass is 362 g/mol. The van der Waals surface area contributed by atoms with E-state index in [2.05, 4.69) is 15.3 Å². The summed E-state index contributed by atoms with van der Waals surface area (Å²) < 4.78 is 0. The van der Waals surface area contributed by atoms with Crippen molar-refractivity contribution in [3.8, 4) is 0 Å². The molecule has 142 valence electrons. The topological polar surface area (TPSA) is 115 Å². The molecule has 0 bridgehead atoms. The molecular weight excluding hydrogens is 336 g/mol. The maximum atomic E-state index is 12.4. The van der Waals surface area contributed by atoms with E-state index in [0.29, 0.717) is 18.7 Å². The van der Waals surface area contributed by atoms with Gasteiger partial charge < -0.3 is 15.2 Å². The van der Waals surface area contributed by atoms with Crippen LogP contribution in [0.25, 0.3) is 0 Å². The predicted octanol–water partition coefficient (Wildman–Crippen LogP) is 0.354. The number of carbonyl (C=O) groups excluding carboxylic acids is 2. The molecule has 0 spiro atoms. The number of carbonyl (C=O) groups is 2. The molecule has 2 amide bonds. The van der Waals surface area contributed by atoms with E-state index in [4.69, 9.17) is 0 Å². The summed E-state index contributed by atoms with van der Waals surface area (Å²) in [6, 6.07) is 0.0663. The number of aromatic amines is 2. The minimum absolute atomic E-state index is 0.0975. The molecule has 3 N–H and O–H groups in total. The minimum Gasteiger partial charge on any atom is -0.351 e. The van der Waals surface area contributed by atoms with Gasteiger partial charge in [-0.3, -0.25) is 19.4 Å². The molecule has 0 aromatic carbocycles. The summed E-state index contributed by atoms with van der Waals surface area (Å²) in [4.78, 5) is 54.3. The van der Waals surface area contributed by atoms with Crippen molar-refractivity contribution in [3.05, 3.63) is 32.1 Å². The Bertz CT molecular complexity index is 789. The van der Waals surface area contributed by atoms with Crippen LogP contribution in [0.15, 0.2) is 9.59 Å². The SMILES string of the molecule is Cc1[nH]c(=O)[nH]c(=O)c1CC(=O)NC1CC(=O)N(C2CCCCCC2)C1. The lowest BCUT2D eigenvalue weighted by atomic mass is 10.1. The molecule has 2 aliphatic rings. The molecule has 1 atom stereocenters. The van der Waals surface area contributed by atoms with E-state index in [1.165, 1.54) is 12.8 Å². The number of aryl methyl sites for hydroxylation is 1. The molecule has 1 saturated heterocycles. The van der Waals surface area contributed by atoms with E-state index < -0.39 is 11.2 Å². The summed E-state index contributed by atoms with van der Waals surface area (Å²) in [7, 11) is 0. The molecule has 26 heavy (non-hydrogen) atoms. The molecule has 1 aromatic rings. The van der Waals surface area contributed by atoms with Gasteiger partial charge in [-0.05, 0) is 19.8 Å². The molecule has 8 heteroatoms. The molecule has 2 heterocycles. The smallest absolute Gasteiger partial charge is 0.325 e. The normalized spacial score (nSPS) is 21.7. The van der Waals surface area contributed by atoms with Gasteiger partial charge in [0.25, 0.3) is 5.56 Å². The Labute approximate surface area is 151 Å². The lowest BCUT2D eigenvalue weighted by Gasteiger charge is -2.27. The van der Waals surface area contributed by atoms with Crippen LogP contribution in [-0.4, -0.2) is 45.3 Å². The summed E-state index contributed by atoms with van der Waals surface area (Å²) >= 11 is 0. The van der Waals surface area contributed by atoms with Crippen LogP contribution in [0.5, 0.6) is 0 Å². The van der Waals surface area contributed by atoms with E-state index in [9.17, 15) is 19.2 Å². The van der Waals surface area contributed by atoms with Crippen LogP contribution in [0.4, 0.5) is 0 Å². The van der Waals surface area contributed by atoms with Crippen LogP contribution in [-0.2, 0) is 16.0 Å². The molecule has 1 saturated carbocycles. The van der Waals surface area contributed by atoms with E-state index in [1.54, 1.807) is 6.92 Å². The summed E-state index contributed by atoms with van der Waals surface area (Å²) in [6.45, 7) is 2.13. The van der Waals surface area contributed by atoms with Crippen molar-refractivity contribution in [1.82, 2.24) is 20.2 Å². The van der Waals surface area contributed by atoms with Gasteiger partial charge in [0.2, 0.25) is 11.8 Å². The van der Waals surface area contributed by atoms with Gasteiger partial charge in [0.1, 0.15) is 0 Å².